The number of nitrogens with one attached hydrogen (secondary N) is 1. The standard InChI is InChI=1S/C14H19N3O/c1-4-15-13(12-8-6-5-7-9-12)10(2)14-16-11(3)17-18-14/h5-10,13,15H,4H2,1-3H3. The predicted octanol–water partition coefficient (Wildman–Crippen LogP) is 2.83. The molecule has 0 saturated heterocycles. The number of likely N-dealkylation sites (N-methyl/N-ethyl adjacent to an activating group) is 1. The van der Waals surface area contributed by atoms with Gasteiger partial charge in [0.2, 0.25) is 5.89 Å². The maximum atomic E-state index is 5.27. The van der Waals surface area contributed by atoms with Crippen LogP contribution in [0.15, 0.2) is 34.9 Å². The molecule has 4 nitrogen and oxygen atoms in total. The van der Waals surface area contributed by atoms with E-state index in [1.54, 1.807) is 0 Å². The van der Waals surface area contributed by atoms with Crippen molar-refractivity contribution in [3.8, 4) is 0 Å². The minimum atomic E-state index is 0.147. The van der Waals surface area contributed by atoms with E-state index in [0.717, 1.165) is 6.54 Å². The van der Waals surface area contributed by atoms with Gasteiger partial charge in [0.1, 0.15) is 0 Å². The van der Waals surface area contributed by atoms with Crippen LogP contribution in [0.3, 0.4) is 0 Å². The van der Waals surface area contributed by atoms with Gasteiger partial charge in [0.05, 0.1) is 5.92 Å². The van der Waals surface area contributed by atoms with Gasteiger partial charge < -0.3 is 9.84 Å². The van der Waals surface area contributed by atoms with Gasteiger partial charge in [0.25, 0.3) is 0 Å². The number of hydrogen-bond donors (Lipinski definition) is 1. The molecule has 0 aliphatic rings. The number of aromatic nitrogens is 2. The third-order valence-corrected chi connectivity index (χ3v) is 3.02. The molecule has 96 valence electrons. The van der Waals surface area contributed by atoms with Crippen LogP contribution in [-0.2, 0) is 0 Å². The summed E-state index contributed by atoms with van der Waals surface area (Å²) >= 11 is 0. The zero-order valence-electron chi connectivity index (χ0n) is 11.1. The van der Waals surface area contributed by atoms with E-state index in [4.69, 9.17) is 4.52 Å². The third-order valence-electron chi connectivity index (χ3n) is 3.02. The molecule has 1 heterocycles. The van der Waals surface area contributed by atoms with E-state index < -0.39 is 0 Å². The number of benzene rings is 1. The first kappa shape index (κ1) is 12.8. The van der Waals surface area contributed by atoms with E-state index in [0.29, 0.717) is 11.7 Å². The molecule has 1 aromatic heterocycles. The molecule has 2 atom stereocenters. The van der Waals surface area contributed by atoms with Crippen LogP contribution in [0.5, 0.6) is 0 Å². The summed E-state index contributed by atoms with van der Waals surface area (Å²) in [7, 11) is 0. The molecule has 2 rings (SSSR count). The lowest BCUT2D eigenvalue weighted by Gasteiger charge is -2.22. The molecule has 18 heavy (non-hydrogen) atoms. The molecule has 2 aromatic rings. The highest BCUT2D eigenvalue weighted by molar-refractivity contribution is 5.22. The average Bonchev–Trinajstić information content (AvgIpc) is 2.83. The Morgan fingerprint density at radius 2 is 2.00 bits per heavy atom. The van der Waals surface area contributed by atoms with E-state index in [2.05, 4.69) is 41.4 Å². The largest absolute Gasteiger partial charge is 0.339 e. The van der Waals surface area contributed by atoms with E-state index >= 15 is 0 Å². The molecule has 0 saturated carbocycles. The molecule has 0 radical (unpaired) electrons. The Balaban J connectivity index is 2.25. The molecule has 0 spiro atoms. The van der Waals surface area contributed by atoms with Gasteiger partial charge in [-0.15, -0.1) is 0 Å². The molecule has 4 heteroatoms. The first-order valence-corrected chi connectivity index (χ1v) is 6.31. The first-order valence-electron chi connectivity index (χ1n) is 6.31. The van der Waals surface area contributed by atoms with Crippen molar-refractivity contribution < 1.29 is 4.52 Å². The number of aryl methyl sites for hydroxylation is 1. The SMILES string of the molecule is CCNC(c1ccccc1)C(C)c1nc(C)no1. The van der Waals surface area contributed by atoms with Crippen molar-refractivity contribution in [1.29, 1.82) is 0 Å². The Morgan fingerprint density at radius 1 is 1.28 bits per heavy atom. The topological polar surface area (TPSA) is 51.0 Å². The van der Waals surface area contributed by atoms with Gasteiger partial charge in [0, 0.05) is 6.04 Å². The fourth-order valence-corrected chi connectivity index (χ4v) is 2.10. The van der Waals surface area contributed by atoms with Gasteiger partial charge in [-0.25, -0.2) is 0 Å². The lowest BCUT2D eigenvalue weighted by Crippen LogP contribution is -2.25. The summed E-state index contributed by atoms with van der Waals surface area (Å²) in [4.78, 5) is 4.32. The highest BCUT2D eigenvalue weighted by Crippen LogP contribution is 2.29. The van der Waals surface area contributed by atoms with Crippen molar-refractivity contribution in [2.24, 2.45) is 0 Å². The van der Waals surface area contributed by atoms with E-state index in [1.165, 1.54) is 5.56 Å². The summed E-state index contributed by atoms with van der Waals surface area (Å²) in [5, 5.41) is 7.34. The molecule has 0 amide bonds. The van der Waals surface area contributed by atoms with Crippen LogP contribution in [0.4, 0.5) is 0 Å². The molecule has 0 fully saturated rings. The van der Waals surface area contributed by atoms with Crippen LogP contribution in [0, 0.1) is 6.92 Å². The van der Waals surface area contributed by atoms with Gasteiger partial charge in [-0.3, -0.25) is 0 Å². The van der Waals surface area contributed by atoms with Crippen LogP contribution in [0.1, 0.15) is 43.1 Å². The lowest BCUT2D eigenvalue weighted by atomic mass is 9.94. The summed E-state index contributed by atoms with van der Waals surface area (Å²) in [5.41, 5.74) is 1.24. The van der Waals surface area contributed by atoms with Crippen molar-refractivity contribution in [1.82, 2.24) is 15.5 Å². The van der Waals surface area contributed by atoms with Crippen molar-refractivity contribution in [2.75, 3.05) is 6.54 Å². The molecule has 0 aliphatic carbocycles. The van der Waals surface area contributed by atoms with Gasteiger partial charge in [0.15, 0.2) is 5.82 Å². The zero-order chi connectivity index (χ0) is 13.0. The summed E-state index contributed by atoms with van der Waals surface area (Å²) in [6.45, 7) is 6.94. The normalized spacial score (nSPS) is 14.4. The molecule has 0 aliphatic heterocycles. The summed E-state index contributed by atoms with van der Waals surface area (Å²) in [6.07, 6.45) is 0. The summed E-state index contributed by atoms with van der Waals surface area (Å²) < 4.78 is 5.27. The van der Waals surface area contributed by atoms with Crippen LogP contribution in [0.2, 0.25) is 0 Å². The minimum absolute atomic E-state index is 0.147. The monoisotopic (exact) mass is 245 g/mol. The molecular formula is C14H19N3O. The second-order valence-corrected chi connectivity index (χ2v) is 4.41. The highest BCUT2D eigenvalue weighted by atomic mass is 16.5. The summed E-state index contributed by atoms with van der Waals surface area (Å²) in [5.74, 6) is 1.51. The Labute approximate surface area is 107 Å². The van der Waals surface area contributed by atoms with Crippen molar-refractivity contribution in [3.05, 3.63) is 47.6 Å². The van der Waals surface area contributed by atoms with E-state index in [1.807, 2.05) is 25.1 Å². The Bertz CT molecular complexity index is 481. The Kier molecular flexibility index (Phi) is 4.10. The van der Waals surface area contributed by atoms with Gasteiger partial charge in [-0.1, -0.05) is 49.3 Å². The average molecular weight is 245 g/mol. The second-order valence-electron chi connectivity index (χ2n) is 4.41. The Hall–Kier alpha value is -1.68. The molecular weight excluding hydrogens is 226 g/mol. The maximum absolute atomic E-state index is 5.27. The predicted molar refractivity (Wildman–Crippen MR) is 70.3 cm³/mol. The van der Waals surface area contributed by atoms with Crippen molar-refractivity contribution in [3.63, 3.8) is 0 Å². The van der Waals surface area contributed by atoms with Gasteiger partial charge >= 0.3 is 0 Å². The number of hydrogen-bond acceptors (Lipinski definition) is 4. The van der Waals surface area contributed by atoms with E-state index in [-0.39, 0.29) is 12.0 Å². The van der Waals surface area contributed by atoms with Crippen LogP contribution in [0.25, 0.3) is 0 Å². The molecule has 2 unspecified atom stereocenters. The first-order chi connectivity index (χ1) is 8.72. The van der Waals surface area contributed by atoms with Gasteiger partial charge in [-0.2, -0.15) is 4.98 Å². The fourth-order valence-electron chi connectivity index (χ4n) is 2.10. The maximum Gasteiger partial charge on any atom is 0.231 e. The van der Waals surface area contributed by atoms with Crippen molar-refractivity contribution in [2.45, 2.75) is 32.7 Å². The minimum Gasteiger partial charge on any atom is -0.339 e. The zero-order valence-corrected chi connectivity index (χ0v) is 11.1. The van der Waals surface area contributed by atoms with Crippen LogP contribution >= 0.6 is 0 Å². The lowest BCUT2D eigenvalue weighted by molar-refractivity contribution is 0.325. The van der Waals surface area contributed by atoms with Crippen LogP contribution in [-0.4, -0.2) is 16.7 Å². The fraction of sp³-hybridized carbons (Fsp3) is 0.429. The van der Waals surface area contributed by atoms with E-state index in [9.17, 15) is 0 Å². The smallest absolute Gasteiger partial charge is 0.231 e. The second kappa shape index (κ2) is 5.78. The molecule has 0 bridgehead atoms. The third kappa shape index (κ3) is 2.76. The quantitative estimate of drug-likeness (QED) is 0.880. The molecule has 1 aromatic carbocycles. The molecule has 1 N–H and O–H groups in total. The van der Waals surface area contributed by atoms with Gasteiger partial charge in [-0.05, 0) is 19.0 Å². The number of rotatable bonds is 5. The summed E-state index contributed by atoms with van der Waals surface area (Å²) in [6, 6.07) is 10.5. The Morgan fingerprint density at radius 3 is 2.56 bits per heavy atom. The van der Waals surface area contributed by atoms with Crippen LogP contribution < -0.4 is 5.32 Å². The number of nitrogens with zero attached hydrogens (tertiary/aromatic N) is 2. The van der Waals surface area contributed by atoms with Crippen molar-refractivity contribution >= 4 is 0 Å². The highest BCUT2D eigenvalue weighted by Gasteiger charge is 2.24.